The van der Waals surface area contributed by atoms with Crippen molar-refractivity contribution in [3.63, 3.8) is 0 Å². The third kappa shape index (κ3) is 9.00. The van der Waals surface area contributed by atoms with Gasteiger partial charge in [0.15, 0.2) is 0 Å². The third-order valence-electron chi connectivity index (χ3n) is 3.25. The molecule has 0 aliphatic heterocycles. The van der Waals surface area contributed by atoms with Gasteiger partial charge in [-0.3, -0.25) is 4.79 Å². The highest BCUT2D eigenvalue weighted by atomic mass is 16.5. The van der Waals surface area contributed by atoms with E-state index in [-0.39, 0.29) is 0 Å². The van der Waals surface area contributed by atoms with Crippen molar-refractivity contribution in [3.8, 4) is 0 Å². The SMILES string of the molecule is CCNC(C)(CCCCOCCC(C)(C)C)C(=O)O. The fourth-order valence-corrected chi connectivity index (χ4v) is 1.82. The number of hydrogen-bond donors (Lipinski definition) is 2. The second-order valence-corrected chi connectivity index (χ2v) is 6.55. The van der Waals surface area contributed by atoms with Crippen molar-refractivity contribution in [2.75, 3.05) is 19.8 Å². The summed E-state index contributed by atoms with van der Waals surface area (Å²) in [5.74, 6) is -0.775. The van der Waals surface area contributed by atoms with Crippen molar-refractivity contribution in [1.29, 1.82) is 0 Å². The fraction of sp³-hybridized carbons (Fsp3) is 0.933. The molecule has 114 valence electrons. The van der Waals surface area contributed by atoms with Gasteiger partial charge < -0.3 is 15.2 Å². The summed E-state index contributed by atoms with van der Waals surface area (Å²) < 4.78 is 5.58. The van der Waals surface area contributed by atoms with Crippen molar-refractivity contribution in [1.82, 2.24) is 5.32 Å². The molecule has 0 bridgehead atoms. The first-order valence-corrected chi connectivity index (χ1v) is 7.27. The molecule has 0 saturated carbocycles. The molecule has 0 spiro atoms. The fourth-order valence-electron chi connectivity index (χ4n) is 1.82. The Labute approximate surface area is 117 Å². The third-order valence-corrected chi connectivity index (χ3v) is 3.25. The minimum Gasteiger partial charge on any atom is -0.480 e. The lowest BCUT2D eigenvalue weighted by molar-refractivity contribution is -0.144. The first-order valence-electron chi connectivity index (χ1n) is 7.27. The number of unbranched alkanes of at least 4 members (excludes halogenated alkanes) is 1. The molecule has 4 heteroatoms. The normalized spacial score (nSPS) is 15.2. The Morgan fingerprint density at radius 2 is 1.74 bits per heavy atom. The Bertz CT molecular complexity index is 261. The molecular weight excluding hydrogens is 242 g/mol. The zero-order valence-corrected chi connectivity index (χ0v) is 13.2. The largest absolute Gasteiger partial charge is 0.480 e. The van der Waals surface area contributed by atoms with Gasteiger partial charge in [-0.15, -0.1) is 0 Å². The molecule has 0 aromatic rings. The van der Waals surface area contributed by atoms with Gasteiger partial charge in [0.05, 0.1) is 0 Å². The number of carbonyl (C=O) groups is 1. The van der Waals surface area contributed by atoms with Crippen molar-refractivity contribution >= 4 is 5.97 Å². The summed E-state index contributed by atoms with van der Waals surface area (Å²) in [4.78, 5) is 11.2. The maximum absolute atomic E-state index is 11.2. The molecule has 1 atom stereocenters. The van der Waals surface area contributed by atoms with Gasteiger partial charge in [-0.2, -0.15) is 0 Å². The minimum atomic E-state index is -0.805. The van der Waals surface area contributed by atoms with E-state index in [4.69, 9.17) is 4.74 Å². The maximum atomic E-state index is 11.2. The lowest BCUT2D eigenvalue weighted by Crippen LogP contribution is -2.49. The summed E-state index contributed by atoms with van der Waals surface area (Å²) in [6.07, 6.45) is 3.47. The first kappa shape index (κ1) is 18.4. The van der Waals surface area contributed by atoms with Gasteiger partial charge in [0.25, 0.3) is 0 Å². The van der Waals surface area contributed by atoms with Gasteiger partial charge in [-0.1, -0.05) is 27.7 Å². The second kappa shape index (κ2) is 8.54. The zero-order valence-electron chi connectivity index (χ0n) is 13.2. The molecule has 2 N–H and O–H groups in total. The molecule has 0 aromatic carbocycles. The monoisotopic (exact) mass is 273 g/mol. The molecular formula is C15H31NO3. The van der Waals surface area contributed by atoms with Crippen LogP contribution in [0.1, 0.15) is 60.3 Å². The predicted octanol–water partition coefficient (Wildman–Crippen LogP) is 3.06. The Hall–Kier alpha value is -0.610. The van der Waals surface area contributed by atoms with Gasteiger partial charge in [-0.05, 0) is 44.6 Å². The molecule has 0 fully saturated rings. The highest BCUT2D eigenvalue weighted by Crippen LogP contribution is 2.18. The van der Waals surface area contributed by atoms with Gasteiger partial charge in [0.2, 0.25) is 0 Å². The number of rotatable bonds is 10. The van der Waals surface area contributed by atoms with Gasteiger partial charge in [0, 0.05) is 13.2 Å². The van der Waals surface area contributed by atoms with E-state index < -0.39 is 11.5 Å². The molecule has 0 aliphatic carbocycles. The van der Waals surface area contributed by atoms with Crippen molar-refractivity contribution < 1.29 is 14.6 Å². The van der Waals surface area contributed by atoms with Crippen LogP contribution in [0.2, 0.25) is 0 Å². The van der Waals surface area contributed by atoms with Crippen LogP contribution in [0.3, 0.4) is 0 Å². The van der Waals surface area contributed by atoms with Gasteiger partial charge in [0.1, 0.15) is 5.54 Å². The summed E-state index contributed by atoms with van der Waals surface area (Å²) in [7, 11) is 0. The van der Waals surface area contributed by atoms with Crippen LogP contribution in [-0.2, 0) is 9.53 Å². The lowest BCUT2D eigenvalue weighted by Gasteiger charge is -2.25. The van der Waals surface area contributed by atoms with Crippen LogP contribution < -0.4 is 5.32 Å². The maximum Gasteiger partial charge on any atom is 0.323 e. The number of hydrogen-bond acceptors (Lipinski definition) is 3. The van der Waals surface area contributed by atoms with Crippen molar-refractivity contribution in [2.45, 2.75) is 65.8 Å². The molecule has 4 nitrogen and oxygen atoms in total. The minimum absolute atomic E-state index is 0.312. The Kier molecular flexibility index (Phi) is 8.26. The zero-order chi connectivity index (χ0) is 14.9. The molecule has 19 heavy (non-hydrogen) atoms. The molecule has 0 saturated heterocycles. The topological polar surface area (TPSA) is 58.6 Å². The number of carboxylic acids is 1. The predicted molar refractivity (Wildman–Crippen MR) is 78.5 cm³/mol. The smallest absolute Gasteiger partial charge is 0.323 e. The summed E-state index contributed by atoms with van der Waals surface area (Å²) in [5.41, 5.74) is -0.493. The molecule has 0 amide bonds. The quantitative estimate of drug-likeness (QED) is 0.601. The average molecular weight is 273 g/mol. The van der Waals surface area contributed by atoms with Gasteiger partial charge >= 0.3 is 5.97 Å². The van der Waals surface area contributed by atoms with E-state index in [1.54, 1.807) is 6.92 Å². The van der Waals surface area contributed by atoms with E-state index in [1.807, 2.05) is 6.92 Å². The highest BCUT2D eigenvalue weighted by Gasteiger charge is 2.30. The number of nitrogens with one attached hydrogen (secondary N) is 1. The first-order chi connectivity index (χ1) is 8.71. The van der Waals surface area contributed by atoms with Crippen LogP contribution in [0.5, 0.6) is 0 Å². The Morgan fingerprint density at radius 1 is 1.11 bits per heavy atom. The lowest BCUT2D eigenvalue weighted by atomic mass is 9.93. The molecule has 0 rings (SSSR count). The number of aliphatic carboxylic acids is 1. The Balaban J connectivity index is 3.70. The Morgan fingerprint density at radius 3 is 2.21 bits per heavy atom. The van der Waals surface area contributed by atoms with E-state index in [0.29, 0.717) is 18.4 Å². The van der Waals surface area contributed by atoms with Crippen LogP contribution in [-0.4, -0.2) is 36.4 Å². The number of likely N-dealkylation sites (N-methyl/N-ethyl adjacent to an activating group) is 1. The standard InChI is InChI=1S/C15H31NO3/c1-6-16-15(5,13(17)18)9-7-8-11-19-12-10-14(2,3)4/h16H,6-12H2,1-5H3,(H,17,18). The van der Waals surface area contributed by atoms with Crippen LogP contribution in [0, 0.1) is 5.41 Å². The van der Waals surface area contributed by atoms with Crippen LogP contribution in [0.4, 0.5) is 0 Å². The summed E-state index contributed by atoms with van der Waals surface area (Å²) >= 11 is 0. The van der Waals surface area contributed by atoms with E-state index in [9.17, 15) is 9.90 Å². The van der Waals surface area contributed by atoms with Crippen molar-refractivity contribution in [2.24, 2.45) is 5.41 Å². The molecule has 0 aliphatic rings. The van der Waals surface area contributed by atoms with Crippen LogP contribution >= 0.6 is 0 Å². The van der Waals surface area contributed by atoms with E-state index in [2.05, 4.69) is 26.1 Å². The van der Waals surface area contributed by atoms with Gasteiger partial charge in [-0.25, -0.2) is 0 Å². The second-order valence-electron chi connectivity index (χ2n) is 6.55. The highest BCUT2D eigenvalue weighted by molar-refractivity contribution is 5.78. The van der Waals surface area contributed by atoms with Crippen LogP contribution in [0.25, 0.3) is 0 Å². The van der Waals surface area contributed by atoms with Crippen LogP contribution in [0.15, 0.2) is 0 Å². The average Bonchev–Trinajstić information content (AvgIpc) is 2.26. The van der Waals surface area contributed by atoms with Crippen molar-refractivity contribution in [3.05, 3.63) is 0 Å². The molecule has 0 aromatic heterocycles. The van der Waals surface area contributed by atoms with E-state index in [1.165, 1.54) is 0 Å². The van der Waals surface area contributed by atoms with E-state index >= 15 is 0 Å². The number of ether oxygens (including phenoxy) is 1. The van der Waals surface area contributed by atoms with E-state index in [0.717, 1.165) is 32.5 Å². The summed E-state index contributed by atoms with van der Waals surface area (Å²) in [6, 6.07) is 0. The summed E-state index contributed by atoms with van der Waals surface area (Å²) in [5, 5.41) is 12.2. The molecule has 0 radical (unpaired) electrons. The molecule has 0 heterocycles. The summed E-state index contributed by atoms with van der Waals surface area (Å²) in [6.45, 7) is 12.5. The number of carboxylic acid groups (broad SMARTS) is 1. The molecule has 1 unspecified atom stereocenters.